The van der Waals surface area contributed by atoms with Crippen molar-refractivity contribution in [1.82, 2.24) is 20.0 Å². The molecule has 1 amide bonds. The summed E-state index contributed by atoms with van der Waals surface area (Å²) in [7, 11) is 1.77. The summed E-state index contributed by atoms with van der Waals surface area (Å²) >= 11 is 1.59. The lowest BCUT2D eigenvalue weighted by molar-refractivity contribution is -0.131. The van der Waals surface area contributed by atoms with Gasteiger partial charge in [0.25, 0.3) is 0 Å². The van der Waals surface area contributed by atoms with Crippen LogP contribution in [0.3, 0.4) is 0 Å². The first-order chi connectivity index (χ1) is 14.0. The SMILES string of the molecule is C[C@@H](c1nc2ccccc2s1)N(C)C(=O)CCc1nc(-c2ccc(F)cc2)no1. The first-order valence-corrected chi connectivity index (χ1v) is 10.0. The molecule has 4 aromatic rings. The Morgan fingerprint density at radius 2 is 1.93 bits per heavy atom. The van der Waals surface area contributed by atoms with Crippen molar-refractivity contribution in [1.29, 1.82) is 0 Å². The van der Waals surface area contributed by atoms with Gasteiger partial charge >= 0.3 is 0 Å². The first kappa shape index (κ1) is 19.2. The van der Waals surface area contributed by atoms with Crippen LogP contribution in [0.1, 0.15) is 30.3 Å². The predicted molar refractivity (Wildman–Crippen MR) is 109 cm³/mol. The Hall–Kier alpha value is -3.13. The minimum atomic E-state index is -0.326. The fourth-order valence-corrected chi connectivity index (χ4v) is 3.98. The zero-order valence-electron chi connectivity index (χ0n) is 16.0. The van der Waals surface area contributed by atoms with Crippen molar-refractivity contribution < 1.29 is 13.7 Å². The lowest BCUT2D eigenvalue weighted by Gasteiger charge is -2.23. The highest BCUT2D eigenvalue weighted by atomic mass is 32.1. The molecule has 0 N–H and O–H groups in total. The summed E-state index contributed by atoms with van der Waals surface area (Å²) in [4.78, 5) is 23.2. The summed E-state index contributed by atoms with van der Waals surface area (Å²) in [6.45, 7) is 1.97. The third-order valence-corrected chi connectivity index (χ3v) is 5.97. The van der Waals surface area contributed by atoms with Gasteiger partial charge in [0, 0.05) is 25.5 Å². The molecule has 0 aliphatic carbocycles. The molecule has 0 aliphatic rings. The third kappa shape index (κ3) is 4.17. The summed E-state index contributed by atoms with van der Waals surface area (Å²) in [6, 6.07) is 13.7. The Morgan fingerprint density at radius 3 is 2.69 bits per heavy atom. The number of fused-ring (bicyclic) bond motifs is 1. The summed E-state index contributed by atoms with van der Waals surface area (Å²) in [5.41, 5.74) is 1.61. The van der Waals surface area contributed by atoms with Gasteiger partial charge in [-0.15, -0.1) is 11.3 Å². The maximum absolute atomic E-state index is 13.0. The van der Waals surface area contributed by atoms with Crippen LogP contribution in [0, 0.1) is 5.82 Å². The van der Waals surface area contributed by atoms with Crippen LogP contribution in [-0.2, 0) is 11.2 Å². The van der Waals surface area contributed by atoms with Gasteiger partial charge in [-0.1, -0.05) is 17.3 Å². The van der Waals surface area contributed by atoms with E-state index in [0.29, 0.717) is 23.7 Å². The van der Waals surface area contributed by atoms with E-state index in [9.17, 15) is 9.18 Å². The Morgan fingerprint density at radius 1 is 1.17 bits per heavy atom. The molecule has 0 spiro atoms. The number of thiazole rings is 1. The monoisotopic (exact) mass is 410 g/mol. The molecule has 0 bridgehead atoms. The highest BCUT2D eigenvalue weighted by molar-refractivity contribution is 7.18. The van der Waals surface area contributed by atoms with Crippen molar-refractivity contribution in [3.63, 3.8) is 0 Å². The number of aromatic nitrogens is 3. The maximum Gasteiger partial charge on any atom is 0.227 e. The van der Waals surface area contributed by atoms with Crippen LogP contribution in [0.15, 0.2) is 53.1 Å². The van der Waals surface area contributed by atoms with Gasteiger partial charge in [-0.25, -0.2) is 9.37 Å². The zero-order valence-corrected chi connectivity index (χ0v) is 16.8. The van der Waals surface area contributed by atoms with Gasteiger partial charge < -0.3 is 9.42 Å². The minimum absolute atomic E-state index is 0.0294. The number of carbonyl (C=O) groups is 1. The first-order valence-electron chi connectivity index (χ1n) is 9.21. The second-order valence-electron chi connectivity index (χ2n) is 6.72. The van der Waals surface area contributed by atoms with Crippen molar-refractivity contribution in [2.24, 2.45) is 0 Å². The van der Waals surface area contributed by atoms with Crippen LogP contribution in [0.2, 0.25) is 0 Å². The Bertz CT molecular complexity index is 1110. The molecule has 2 aromatic heterocycles. The van der Waals surface area contributed by atoms with Crippen LogP contribution in [0.5, 0.6) is 0 Å². The van der Waals surface area contributed by atoms with E-state index in [4.69, 9.17) is 4.52 Å². The van der Waals surface area contributed by atoms with Gasteiger partial charge in [0.1, 0.15) is 10.8 Å². The second-order valence-corrected chi connectivity index (χ2v) is 7.78. The predicted octanol–water partition coefficient (Wildman–Crippen LogP) is 4.64. The molecule has 6 nitrogen and oxygen atoms in total. The van der Waals surface area contributed by atoms with Crippen LogP contribution in [0.25, 0.3) is 21.6 Å². The summed E-state index contributed by atoms with van der Waals surface area (Å²) in [5, 5.41) is 4.81. The zero-order chi connectivity index (χ0) is 20.4. The number of benzene rings is 2. The van der Waals surface area contributed by atoms with Gasteiger partial charge in [-0.2, -0.15) is 4.98 Å². The Labute approximate surface area is 171 Å². The molecule has 0 unspecified atom stereocenters. The van der Waals surface area contributed by atoms with Crippen LogP contribution in [-0.4, -0.2) is 33.0 Å². The van der Waals surface area contributed by atoms with Gasteiger partial charge in [-0.3, -0.25) is 4.79 Å². The van der Waals surface area contributed by atoms with E-state index < -0.39 is 0 Å². The average molecular weight is 410 g/mol. The number of aryl methyl sites for hydroxylation is 1. The molecule has 4 rings (SSSR count). The van der Waals surface area contributed by atoms with Crippen LogP contribution in [0.4, 0.5) is 4.39 Å². The van der Waals surface area contributed by atoms with Crippen LogP contribution < -0.4 is 0 Å². The number of halogens is 1. The van der Waals surface area contributed by atoms with E-state index in [2.05, 4.69) is 15.1 Å². The van der Waals surface area contributed by atoms with E-state index in [0.717, 1.165) is 15.2 Å². The molecule has 148 valence electrons. The summed E-state index contributed by atoms with van der Waals surface area (Å²) in [5.74, 6) is 0.397. The molecule has 2 aromatic carbocycles. The van der Waals surface area contributed by atoms with E-state index >= 15 is 0 Å². The quantitative estimate of drug-likeness (QED) is 0.463. The van der Waals surface area contributed by atoms with E-state index in [1.807, 2.05) is 31.2 Å². The number of carbonyl (C=O) groups excluding carboxylic acids is 1. The molecule has 1 atom stereocenters. The molecule has 0 fully saturated rings. The standard InChI is InChI=1S/C21H19FN4O2S/c1-13(21-23-16-5-3-4-6-17(16)29-21)26(2)19(27)12-11-18-24-20(25-28-18)14-7-9-15(22)10-8-14/h3-10,13H,11-12H2,1-2H3/t13-/m0/s1. The summed E-state index contributed by atoms with van der Waals surface area (Å²) < 4.78 is 19.4. The van der Waals surface area contributed by atoms with Crippen molar-refractivity contribution in [3.8, 4) is 11.4 Å². The molecule has 0 saturated heterocycles. The smallest absolute Gasteiger partial charge is 0.227 e. The summed E-state index contributed by atoms with van der Waals surface area (Å²) in [6.07, 6.45) is 0.584. The van der Waals surface area contributed by atoms with Gasteiger partial charge in [0.05, 0.1) is 16.3 Å². The number of para-hydroxylation sites is 1. The third-order valence-electron chi connectivity index (χ3n) is 4.77. The molecule has 29 heavy (non-hydrogen) atoms. The number of rotatable bonds is 6. The van der Waals surface area contributed by atoms with E-state index in [1.165, 1.54) is 12.1 Å². The molecule has 0 aliphatic heterocycles. The fourth-order valence-electron chi connectivity index (χ4n) is 2.91. The average Bonchev–Trinajstić information content (AvgIpc) is 3.38. The Balaban J connectivity index is 1.38. The second kappa shape index (κ2) is 8.08. The molecular formula is C21H19FN4O2S. The van der Waals surface area contributed by atoms with Crippen molar-refractivity contribution >= 4 is 27.5 Å². The lowest BCUT2D eigenvalue weighted by Crippen LogP contribution is -2.29. The molecule has 2 heterocycles. The normalized spacial score (nSPS) is 12.2. The topological polar surface area (TPSA) is 72.1 Å². The highest BCUT2D eigenvalue weighted by Gasteiger charge is 2.21. The van der Waals surface area contributed by atoms with E-state index in [-0.39, 0.29) is 24.2 Å². The fraction of sp³-hybridized carbons (Fsp3) is 0.238. The lowest BCUT2D eigenvalue weighted by atomic mass is 10.2. The molecular weight excluding hydrogens is 391 g/mol. The number of hydrogen-bond acceptors (Lipinski definition) is 6. The highest BCUT2D eigenvalue weighted by Crippen LogP contribution is 2.29. The van der Waals surface area contributed by atoms with Crippen molar-refractivity contribution in [2.75, 3.05) is 7.05 Å². The van der Waals surface area contributed by atoms with E-state index in [1.54, 1.807) is 35.4 Å². The van der Waals surface area contributed by atoms with Gasteiger partial charge in [0.15, 0.2) is 0 Å². The molecule has 8 heteroatoms. The van der Waals surface area contributed by atoms with Gasteiger partial charge in [-0.05, 0) is 43.3 Å². The minimum Gasteiger partial charge on any atom is -0.339 e. The van der Waals surface area contributed by atoms with Crippen molar-refractivity contribution in [3.05, 3.63) is 65.2 Å². The number of hydrogen-bond donors (Lipinski definition) is 0. The Kier molecular flexibility index (Phi) is 5.35. The maximum atomic E-state index is 13.0. The van der Waals surface area contributed by atoms with Gasteiger partial charge in [0.2, 0.25) is 17.6 Å². The largest absolute Gasteiger partial charge is 0.339 e. The number of amides is 1. The van der Waals surface area contributed by atoms with Crippen LogP contribution >= 0.6 is 11.3 Å². The number of nitrogens with zero attached hydrogens (tertiary/aromatic N) is 4. The molecule has 0 saturated carbocycles. The van der Waals surface area contributed by atoms with Crippen molar-refractivity contribution in [2.45, 2.75) is 25.8 Å². The molecule has 0 radical (unpaired) electrons.